The second kappa shape index (κ2) is 10.6. The molecule has 5 nitrogen and oxygen atoms in total. The lowest BCUT2D eigenvalue weighted by Gasteiger charge is -2.32. The summed E-state index contributed by atoms with van der Waals surface area (Å²) >= 11 is 0. The molecular formula is C37H32BN3O2. The van der Waals surface area contributed by atoms with Gasteiger partial charge >= 0.3 is 7.12 Å². The van der Waals surface area contributed by atoms with Gasteiger partial charge < -0.3 is 9.31 Å². The van der Waals surface area contributed by atoms with Gasteiger partial charge in [0.2, 0.25) is 0 Å². The van der Waals surface area contributed by atoms with Gasteiger partial charge in [0, 0.05) is 16.7 Å². The molecule has 0 unspecified atom stereocenters. The highest BCUT2D eigenvalue weighted by Crippen LogP contribution is 2.37. The zero-order valence-corrected chi connectivity index (χ0v) is 24.8. The quantitative estimate of drug-likeness (QED) is 0.200. The fourth-order valence-corrected chi connectivity index (χ4v) is 5.34. The van der Waals surface area contributed by atoms with Crippen LogP contribution < -0.4 is 5.46 Å². The van der Waals surface area contributed by atoms with Crippen LogP contribution in [0.4, 0.5) is 0 Å². The first-order chi connectivity index (χ1) is 20.8. The number of fused-ring (bicyclic) bond motifs is 1. The minimum Gasteiger partial charge on any atom is -0.399 e. The molecule has 1 fully saturated rings. The van der Waals surface area contributed by atoms with Crippen molar-refractivity contribution < 1.29 is 9.31 Å². The lowest BCUT2D eigenvalue weighted by molar-refractivity contribution is 0.00578. The summed E-state index contributed by atoms with van der Waals surface area (Å²) in [6.45, 7) is 8.25. The number of hydrogen-bond donors (Lipinski definition) is 0. The van der Waals surface area contributed by atoms with Crippen LogP contribution in [-0.2, 0) is 9.31 Å². The van der Waals surface area contributed by atoms with Crippen molar-refractivity contribution >= 4 is 23.4 Å². The molecule has 0 spiro atoms. The molecule has 5 aromatic carbocycles. The first-order valence-corrected chi connectivity index (χ1v) is 14.6. The Morgan fingerprint density at radius 2 is 0.930 bits per heavy atom. The third-order valence-corrected chi connectivity index (χ3v) is 8.56. The van der Waals surface area contributed by atoms with Crippen LogP contribution >= 0.6 is 0 Å². The molecule has 1 aliphatic rings. The molecule has 6 heteroatoms. The van der Waals surface area contributed by atoms with Gasteiger partial charge in [-0.05, 0) is 61.1 Å². The number of hydrogen-bond acceptors (Lipinski definition) is 5. The summed E-state index contributed by atoms with van der Waals surface area (Å²) in [5.41, 5.74) is 5.12. The number of benzene rings is 5. The lowest BCUT2D eigenvalue weighted by atomic mass is 9.78. The largest absolute Gasteiger partial charge is 0.494 e. The van der Waals surface area contributed by atoms with Crippen LogP contribution in [0.25, 0.3) is 56.1 Å². The van der Waals surface area contributed by atoms with Crippen LogP contribution in [0.3, 0.4) is 0 Å². The summed E-state index contributed by atoms with van der Waals surface area (Å²) in [4.78, 5) is 15.0. The Hall–Kier alpha value is -4.65. The van der Waals surface area contributed by atoms with Gasteiger partial charge in [0.15, 0.2) is 17.5 Å². The molecule has 0 saturated carbocycles. The van der Waals surface area contributed by atoms with E-state index in [-0.39, 0.29) is 0 Å². The third-order valence-electron chi connectivity index (χ3n) is 8.56. The van der Waals surface area contributed by atoms with Gasteiger partial charge in [-0.3, -0.25) is 0 Å². The van der Waals surface area contributed by atoms with Gasteiger partial charge in [-0.15, -0.1) is 0 Å². The van der Waals surface area contributed by atoms with E-state index >= 15 is 0 Å². The van der Waals surface area contributed by atoms with Gasteiger partial charge in [-0.1, -0.05) is 115 Å². The Labute approximate surface area is 252 Å². The van der Waals surface area contributed by atoms with Gasteiger partial charge in [0.05, 0.1) is 11.2 Å². The van der Waals surface area contributed by atoms with E-state index in [2.05, 4.69) is 113 Å². The van der Waals surface area contributed by atoms with E-state index < -0.39 is 18.3 Å². The zero-order valence-electron chi connectivity index (χ0n) is 24.8. The standard InChI is InChI=1S/C37H32BN3O2/c1-36(2)37(3,4)43-38(42-36)32-16-10-15-30(24-32)34-39-33(28-20-17-27(18-21-28)25-11-6-5-7-12-25)40-35(41-34)31-22-19-26-13-8-9-14-29(26)23-31/h5-24H,1-4H3. The summed E-state index contributed by atoms with van der Waals surface area (Å²) in [6, 6.07) is 41.5. The van der Waals surface area contributed by atoms with Crippen molar-refractivity contribution in [1.82, 2.24) is 15.0 Å². The maximum Gasteiger partial charge on any atom is 0.494 e. The van der Waals surface area contributed by atoms with E-state index in [1.165, 1.54) is 10.9 Å². The highest BCUT2D eigenvalue weighted by molar-refractivity contribution is 6.62. The van der Waals surface area contributed by atoms with Crippen LogP contribution in [-0.4, -0.2) is 33.3 Å². The number of rotatable bonds is 5. The predicted molar refractivity (Wildman–Crippen MR) is 175 cm³/mol. The highest BCUT2D eigenvalue weighted by Gasteiger charge is 2.51. The topological polar surface area (TPSA) is 57.1 Å². The molecule has 1 saturated heterocycles. The molecule has 210 valence electrons. The zero-order chi connectivity index (χ0) is 29.6. The summed E-state index contributed by atoms with van der Waals surface area (Å²) < 4.78 is 12.7. The smallest absolute Gasteiger partial charge is 0.399 e. The van der Waals surface area contributed by atoms with E-state index in [9.17, 15) is 0 Å². The number of nitrogens with zero attached hydrogens (tertiary/aromatic N) is 3. The molecule has 0 bridgehead atoms. The summed E-state index contributed by atoms with van der Waals surface area (Å²) in [7, 11) is -0.475. The molecule has 1 aliphatic heterocycles. The molecule has 0 amide bonds. The van der Waals surface area contributed by atoms with Crippen LogP contribution in [0, 0.1) is 0 Å². The summed E-state index contributed by atoms with van der Waals surface area (Å²) in [5, 5.41) is 2.31. The van der Waals surface area contributed by atoms with Crippen LogP contribution in [0.1, 0.15) is 27.7 Å². The van der Waals surface area contributed by atoms with Crippen LogP contribution in [0.2, 0.25) is 0 Å². The molecule has 0 aliphatic carbocycles. The second-order valence-electron chi connectivity index (χ2n) is 12.0. The van der Waals surface area contributed by atoms with Gasteiger partial charge in [0.25, 0.3) is 0 Å². The second-order valence-corrected chi connectivity index (χ2v) is 12.0. The molecule has 2 heterocycles. The molecule has 0 radical (unpaired) electrons. The Balaban J connectivity index is 1.32. The van der Waals surface area contributed by atoms with Crippen molar-refractivity contribution in [2.75, 3.05) is 0 Å². The maximum atomic E-state index is 6.34. The van der Waals surface area contributed by atoms with E-state index in [1.54, 1.807) is 0 Å². The predicted octanol–water partition coefficient (Wildman–Crippen LogP) is 7.99. The minimum absolute atomic E-state index is 0.427. The molecular weight excluding hydrogens is 529 g/mol. The first kappa shape index (κ1) is 27.2. The van der Waals surface area contributed by atoms with Crippen molar-refractivity contribution in [3.63, 3.8) is 0 Å². The average Bonchev–Trinajstić information content (AvgIpc) is 3.27. The highest BCUT2D eigenvalue weighted by atomic mass is 16.7. The van der Waals surface area contributed by atoms with Crippen molar-refractivity contribution in [1.29, 1.82) is 0 Å². The molecule has 0 N–H and O–H groups in total. The Kier molecular flexibility index (Phi) is 6.68. The normalized spacial score (nSPS) is 15.6. The fraction of sp³-hybridized carbons (Fsp3) is 0.162. The molecule has 1 aromatic heterocycles. The van der Waals surface area contributed by atoms with Gasteiger partial charge in [0.1, 0.15) is 0 Å². The van der Waals surface area contributed by atoms with Crippen molar-refractivity contribution in [3.8, 4) is 45.3 Å². The van der Waals surface area contributed by atoms with E-state index in [0.29, 0.717) is 17.5 Å². The number of aromatic nitrogens is 3. The first-order valence-electron chi connectivity index (χ1n) is 14.6. The fourth-order valence-electron chi connectivity index (χ4n) is 5.34. The van der Waals surface area contributed by atoms with Crippen molar-refractivity contribution in [2.45, 2.75) is 38.9 Å². The van der Waals surface area contributed by atoms with Gasteiger partial charge in [-0.2, -0.15) is 0 Å². The maximum absolute atomic E-state index is 6.34. The molecule has 43 heavy (non-hydrogen) atoms. The lowest BCUT2D eigenvalue weighted by Crippen LogP contribution is -2.41. The Morgan fingerprint density at radius 3 is 1.60 bits per heavy atom. The van der Waals surface area contributed by atoms with Crippen molar-refractivity contribution in [3.05, 3.63) is 121 Å². The minimum atomic E-state index is -0.475. The molecule has 0 atom stereocenters. The van der Waals surface area contributed by atoms with Gasteiger partial charge in [-0.25, -0.2) is 15.0 Å². The third kappa shape index (κ3) is 5.24. The average molecular weight is 561 g/mol. The summed E-state index contributed by atoms with van der Waals surface area (Å²) in [6.07, 6.45) is 0. The van der Waals surface area contributed by atoms with E-state index in [4.69, 9.17) is 24.3 Å². The molecule has 6 aromatic rings. The Bertz CT molecular complexity index is 1920. The summed E-state index contributed by atoms with van der Waals surface area (Å²) in [5.74, 6) is 1.84. The molecule has 7 rings (SSSR count). The Morgan fingerprint density at radius 1 is 0.442 bits per heavy atom. The van der Waals surface area contributed by atoms with E-state index in [0.717, 1.165) is 33.1 Å². The van der Waals surface area contributed by atoms with Crippen LogP contribution in [0.5, 0.6) is 0 Å². The monoisotopic (exact) mass is 561 g/mol. The van der Waals surface area contributed by atoms with E-state index in [1.807, 2.05) is 36.4 Å². The van der Waals surface area contributed by atoms with Crippen molar-refractivity contribution in [2.24, 2.45) is 0 Å². The SMILES string of the molecule is CC1(C)OB(c2cccc(-c3nc(-c4ccc(-c5ccccc5)cc4)nc(-c4ccc5ccccc5c4)n3)c2)OC1(C)C. The van der Waals surface area contributed by atoms with Crippen LogP contribution in [0.15, 0.2) is 121 Å².